The number of β-amino-alcohol motifs (C(OH)–C–C–N with tert-alkyl or cyclic N) is 1. The van der Waals surface area contributed by atoms with E-state index < -0.39 is 5.60 Å². The van der Waals surface area contributed by atoms with Gasteiger partial charge in [0.2, 0.25) is 0 Å². The Morgan fingerprint density at radius 3 is 2.64 bits per heavy atom. The molecule has 2 saturated heterocycles. The predicted octanol–water partition coefficient (Wildman–Crippen LogP) is 0.868. The van der Waals surface area contributed by atoms with Crippen LogP contribution in [0.3, 0.4) is 0 Å². The van der Waals surface area contributed by atoms with Crippen LogP contribution in [0.15, 0.2) is 0 Å². The first-order valence-electron chi connectivity index (χ1n) is 5.66. The molecule has 0 aromatic rings. The summed E-state index contributed by atoms with van der Waals surface area (Å²) in [6.45, 7) is 7.62. The normalized spacial score (nSPS) is 33.0. The van der Waals surface area contributed by atoms with Crippen LogP contribution in [-0.2, 0) is 4.74 Å². The summed E-state index contributed by atoms with van der Waals surface area (Å²) >= 11 is 0. The van der Waals surface area contributed by atoms with Crippen LogP contribution in [0.1, 0.15) is 26.7 Å². The largest absolute Gasteiger partial charge is 0.387 e. The highest BCUT2D eigenvalue weighted by Gasteiger charge is 2.46. The Labute approximate surface area is 86.0 Å². The molecule has 0 spiro atoms. The number of ether oxygens (including phenoxy) is 1. The van der Waals surface area contributed by atoms with Crippen LogP contribution < -0.4 is 0 Å². The second-order valence-corrected chi connectivity index (χ2v) is 5.03. The Balaban J connectivity index is 1.81. The van der Waals surface area contributed by atoms with Crippen molar-refractivity contribution in [2.75, 3.05) is 26.3 Å². The number of nitrogens with zero attached hydrogens (tertiary/aromatic N) is 1. The first kappa shape index (κ1) is 10.4. The van der Waals surface area contributed by atoms with Gasteiger partial charge in [0.05, 0.1) is 12.2 Å². The van der Waals surface area contributed by atoms with Crippen LogP contribution in [0, 0.1) is 5.92 Å². The molecular weight excluding hydrogens is 178 g/mol. The van der Waals surface area contributed by atoms with Crippen LogP contribution in [0.5, 0.6) is 0 Å². The van der Waals surface area contributed by atoms with Gasteiger partial charge in [-0.3, -0.25) is 4.90 Å². The minimum absolute atomic E-state index is 0.364. The van der Waals surface area contributed by atoms with Crippen molar-refractivity contribution in [3.05, 3.63) is 0 Å². The molecule has 0 bridgehead atoms. The molecule has 2 heterocycles. The molecular formula is C11H21NO2. The van der Waals surface area contributed by atoms with Crippen LogP contribution in [0.25, 0.3) is 0 Å². The van der Waals surface area contributed by atoms with Crippen LogP contribution in [0.2, 0.25) is 0 Å². The zero-order chi connectivity index (χ0) is 10.2. The highest BCUT2D eigenvalue weighted by molar-refractivity contribution is 5.00. The first-order chi connectivity index (χ1) is 6.62. The minimum atomic E-state index is -0.433. The first-order valence-corrected chi connectivity index (χ1v) is 5.66. The summed E-state index contributed by atoms with van der Waals surface area (Å²) in [4.78, 5) is 2.36. The Bertz CT molecular complexity index is 193. The van der Waals surface area contributed by atoms with E-state index in [0.717, 1.165) is 26.3 Å². The van der Waals surface area contributed by atoms with Crippen molar-refractivity contribution in [2.45, 2.75) is 38.3 Å². The maximum Gasteiger partial charge on any atom is 0.0923 e. The lowest BCUT2D eigenvalue weighted by Gasteiger charge is -2.52. The molecule has 0 saturated carbocycles. The van der Waals surface area contributed by atoms with Gasteiger partial charge in [-0.25, -0.2) is 0 Å². The zero-order valence-electron chi connectivity index (χ0n) is 9.20. The van der Waals surface area contributed by atoms with Gasteiger partial charge in [-0.15, -0.1) is 0 Å². The third-order valence-corrected chi connectivity index (χ3v) is 3.68. The summed E-state index contributed by atoms with van der Waals surface area (Å²) in [6.07, 6.45) is 2.40. The van der Waals surface area contributed by atoms with E-state index in [4.69, 9.17) is 4.74 Å². The van der Waals surface area contributed by atoms with Gasteiger partial charge in [-0.2, -0.15) is 0 Å². The summed E-state index contributed by atoms with van der Waals surface area (Å²) in [5.74, 6) is 0.364. The fourth-order valence-corrected chi connectivity index (χ4v) is 2.29. The molecule has 2 aliphatic heterocycles. The molecule has 2 aliphatic rings. The van der Waals surface area contributed by atoms with E-state index >= 15 is 0 Å². The van der Waals surface area contributed by atoms with Gasteiger partial charge in [-0.05, 0) is 18.8 Å². The molecule has 3 nitrogen and oxygen atoms in total. The van der Waals surface area contributed by atoms with Crippen molar-refractivity contribution in [2.24, 2.45) is 5.92 Å². The topological polar surface area (TPSA) is 32.7 Å². The fourth-order valence-electron chi connectivity index (χ4n) is 2.29. The molecule has 2 rings (SSSR count). The molecule has 0 radical (unpaired) electrons. The maximum absolute atomic E-state index is 10.1. The van der Waals surface area contributed by atoms with Crippen molar-refractivity contribution in [1.82, 2.24) is 4.90 Å². The van der Waals surface area contributed by atoms with E-state index in [2.05, 4.69) is 18.7 Å². The summed E-state index contributed by atoms with van der Waals surface area (Å²) < 4.78 is 5.44. The lowest BCUT2D eigenvalue weighted by molar-refractivity contribution is -0.156. The van der Waals surface area contributed by atoms with Gasteiger partial charge >= 0.3 is 0 Å². The van der Waals surface area contributed by atoms with Crippen LogP contribution in [-0.4, -0.2) is 48.0 Å². The van der Waals surface area contributed by atoms with Crippen molar-refractivity contribution >= 4 is 0 Å². The molecule has 82 valence electrons. The summed E-state index contributed by atoms with van der Waals surface area (Å²) in [5.41, 5.74) is -0.433. The van der Waals surface area contributed by atoms with Gasteiger partial charge in [-0.1, -0.05) is 13.8 Å². The van der Waals surface area contributed by atoms with Crippen molar-refractivity contribution in [3.8, 4) is 0 Å². The fraction of sp³-hybridized carbons (Fsp3) is 1.00. The quantitative estimate of drug-likeness (QED) is 0.716. The van der Waals surface area contributed by atoms with E-state index in [-0.39, 0.29) is 0 Å². The van der Waals surface area contributed by atoms with E-state index in [1.165, 1.54) is 12.8 Å². The Hall–Kier alpha value is -0.120. The van der Waals surface area contributed by atoms with Crippen LogP contribution >= 0.6 is 0 Å². The van der Waals surface area contributed by atoms with Crippen molar-refractivity contribution < 1.29 is 9.84 Å². The van der Waals surface area contributed by atoms with Crippen molar-refractivity contribution in [3.63, 3.8) is 0 Å². The molecule has 3 heteroatoms. The van der Waals surface area contributed by atoms with Gasteiger partial charge in [0.25, 0.3) is 0 Å². The average Bonchev–Trinajstić information content (AvgIpc) is 2.14. The number of hydrogen-bond donors (Lipinski definition) is 1. The van der Waals surface area contributed by atoms with Gasteiger partial charge in [0, 0.05) is 25.7 Å². The highest BCUT2D eigenvalue weighted by atomic mass is 16.5. The number of likely N-dealkylation sites (tertiary alicyclic amines) is 1. The Kier molecular flexibility index (Phi) is 2.82. The van der Waals surface area contributed by atoms with E-state index in [1.54, 1.807) is 0 Å². The smallest absolute Gasteiger partial charge is 0.0923 e. The molecule has 0 aliphatic carbocycles. The Morgan fingerprint density at radius 1 is 1.43 bits per heavy atom. The van der Waals surface area contributed by atoms with E-state index in [0.29, 0.717) is 12.0 Å². The highest BCUT2D eigenvalue weighted by Crippen LogP contribution is 2.31. The second kappa shape index (κ2) is 3.80. The van der Waals surface area contributed by atoms with Gasteiger partial charge in [0.1, 0.15) is 0 Å². The second-order valence-electron chi connectivity index (χ2n) is 5.03. The summed E-state index contributed by atoms with van der Waals surface area (Å²) in [6, 6.07) is 0.558. The maximum atomic E-state index is 10.1. The molecule has 1 unspecified atom stereocenters. The van der Waals surface area contributed by atoms with E-state index in [9.17, 15) is 5.11 Å². The molecule has 1 N–H and O–H groups in total. The van der Waals surface area contributed by atoms with Gasteiger partial charge in [0.15, 0.2) is 0 Å². The zero-order valence-corrected chi connectivity index (χ0v) is 9.20. The molecule has 0 aromatic carbocycles. The number of hydrogen-bond acceptors (Lipinski definition) is 3. The van der Waals surface area contributed by atoms with Crippen LogP contribution in [0.4, 0.5) is 0 Å². The monoisotopic (exact) mass is 199 g/mol. The lowest BCUT2D eigenvalue weighted by Crippen LogP contribution is -2.67. The average molecular weight is 199 g/mol. The predicted molar refractivity (Wildman–Crippen MR) is 55.2 cm³/mol. The molecule has 2 fully saturated rings. The molecule has 0 aromatic heterocycles. The van der Waals surface area contributed by atoms with Crippen molar-refractivity contribution in [1.29, 1.82) is 0 Å². The molecule has 14 heavy (non-hydrogen) atoms. The summed E-state index contributed by atoms with van der Waals surface area (Å²) in [7, 11) is 0. The van der Waals surface area contributed by atoms with Gasteiger partial charge < -0.3 is 9.84 Å². The SMILES string of the molecule is CC(C)C1(O)CN(C2CCCOC2)C1. The molecule has 0 amide bonds. The summed E-state index contributed by atoms with van der Waals surface area (Å²) in [5, 5.41) is 10.1. The third kappa shape index (κ3) is 1.81. The lowest BCUT2D eigenvalue weighted by atomic mass is 9.81. The molecule has 1 atom stereocenters. The minimum Gasteiger partial charge on any atom is -0.387 e. The number of rotatable bonds is 2. The van der Waals surface area contributed by atoms with E-state index in [1.807, 2.05) is 0 Å². The third-order valence-electron chi connectivity index (χ3n) is 3.68. The Morgan fingerprint density at radius 2 is 2.14 bits per heavy atom. The number of aliphatic hydroxyl groups is 1. The standard InChI is InChI=1S/C11H21NO2/c1-9(2)11(13)7-12(8-11)10-4-3-5-14-6-10/h9-10,13H,3-8H2,1-2H3.